The number of halogens is 1. The lowest BCUT2D eigenvalue weighted by Gasteiger charge is -2.14. The minimum absolute atomic E-state index is 0.0448. The van der Waals surface area contributed by atoms with Gasteiger partial charge in [0.1, 0.15) is 23.1 Å². The highest BCUT2D eigenvalue weighted by molar-refractivity contribution is 7.19. The standard InChI is InChI=1S/C25H30ClN3O3S/c1-2-3-13-32-22(30)16-31-14-12-21-28-24(27-15-17-8-4-6-10-19(17)26)23-18-9-5-7-11-20(18)33-25(23)29-21/h4,6,8,10H,2-3,5,7,9,11-16H2,1H3,(H,27,28,29). The third-order valence-electron chi connectivity index (χ3n) is 5.72. The molecule has 0 unspecified atom stereocenters. The number of thiophene rings is 1. The molecule has 176 valence electrons. The number of hydrogen-bond donors (Lipinski definition) is 1. The minimum atomic E-state index is -0.326. The van der Waals surface area contributed by atoms with E-state index in [0.717, 1.165) is 52.3 Å². The molecule has 1 aliphatic rings. The first-order chi connectivity index (χ1) is 16.2. The Hall–Kier alpha value is -2.22. The Bertz CT molecular complexity index is 1100. The Balaban J connectivity index is 1.47. The van der Waals surface area contributed by atoms with E-state index in [0.29, 0.717) is 32.0 Å². The van der Waals surface area contributed by atoms with Crippen LogP contribution in [0.2, 0.25) is 5.02 Å². The van der Waals surface area contributed by atoms with Gasteiger partial charge in [-0.15, -0.1) is 11.3 Å². The van der Waals surface area contributed by atoms with Crippen LogP contribution in [0.5, 0.6) is 0 Å². The molecule has 1 N–H and O–H groups in total. The van der Waals surface area contributed by atoms with Gasteiger partial charge in [-0.2, -0.15) is 0 Å². The highest BCUT2D eigenvalue weighted by Gasteiger charge is 2.21. The van der Waals surface area contributed by atoms with Crippen molar-refractivity contribution in [2.24, 2.45) is 0 Å². The summed E-state index contributed by atoms with van der Waals surface area (Å²) in [6.45, 7) is 3.42. The molecule has 0 radical (unpaired) electrons. The van der Waals surface area contributed by atoms with E-state index in [1.54, 1.807) is 11.3 Å². The van der Waals surface area contributed by atoms with Gasteiger partial charge in [0.25, 0.3) is 0 Å². The lowest BCUT2D eigenvalue weighted by atomic mass is 9.97. The molecule has 0 bridgehead atoms. The van der Waals surface area contributed by atoms with Crippen LogP contribution in [0, 0.1) is 0 Å². The monoisotopic (exact) mass is 487 g/mol. The molecule has 3 aromatic rings. The summed E-state index contributed by atoms with van der Waals surface area (Å²) in [6.07, 6.45) is 7.00. The Morgan fingerprint density at radius 2 is 2.03 bits per heavy atom. The number of carbonyl (C=O) groups is 1. The zero-order valence-corrected chi connectivity index (χ0v) is 20.6. The van der Waals surface area contributed by atoms with Gasteiger partial charge in [0.2, 0.25) is 0 Å². The number of carbonyl (C=O) groups excluding carboxylic acids is 1. The van der Waals surface area contributed by atoms with Gasteiger partial charge in [-0.25, -0.2) is 14.8 Å². The maximum Gasteiger partial charge on any atom is 0.332 e. The number of aromatic nitrogens is 2. The SMILES string of the molecule is CCCCOC(=O)COCCc1nc(NCc2ccccc2Cl)c2c3c(sc2n1)CCCC3. The summed E-state index contributed by atoms with van der Waals surface area (Å²) < 4.78 is 10.6. The van der Waals surface area contributed by atoms with Crippen molar-refractivity contribution in [1.82, 2.24) is 9.97 Å². The maximum atomic E-state index is 11.7. The third-order valence-corrected chi connectivity index (χ3v) is 7.27. The summed E-state index contributed by atoms with van der Waals surface area (Å²) in [6, 6.07) is 7.84. The Labute approximate surface area is 203 Å². The lowest BCUT2D eigenvalue weighted by molar-refractivity contribution is -0.149. The first-order valence-electron chi connectivity index (χ1n) is 11.7. The molecule has 2 heterocycles. The van der Waals surface area contributed by atoms with Crippen LogP contribution in [0.3, 0.4) is 0 Å². The molecule has 0 spiro atoms. The molecule has 8 heteroatoms. The fourth-order valence-electron chi connectivity index (χ4n) is 3.95. The fraction of sp³-hybridized carbons (Fsp3) is 0.480. The molecule has 6 nitrogen and oxygen atoms in total. The van der Waals surface area contributed by atoms with Gasteiger partial charge >= 0.3 is 5.97 Å². The first-order valence-corrected chi connectivity index (χ1v) is 12.9. The highest BCUT2D eigenvalue weighted by atomic mass is 35.5. The second kappa shape index (κ2) is 11.8. The molecule has 1 aliphatic carbocycles. The molecule has 0 amide bonds. The summed E-state index contributed by atoms with van der Waals surface area (Å²) in [5.74, 6) is 1.24. The molecule has 4 rings (SSSR count). The zero-order chi connectivity index (χ0) is 23.0. The van der Waals surface area contributed by atoms with Crippen LogP contribution in [-0.4, -0.2) is 35.8 Å². The van der Waals surface area contributed by atoms with Crippen molar-refractivity contribution in [3.05, 3.63) is 51.1 Å². The number of nitrogens with zero attached hydrogens (tertiary/aromatic N) is 2. The second-order valence-electron chi connectivity index (χ2n) is 8.20. The number of fused-ring (bicyclic) bond motifs is 3. The molecule has 33 heavy (non-hydrogen) atoms. The highest BCUT2D eigenvalue weighted by Crippen LogP contribution is 2.38. The predicted molar refractivity (Wildman–Crippen MR) is 133 cm³/mol. The number of hydrogen-bond acceptors (Lipinski definition) is 7. The van der Waals surface area contributed by atoms with Gasteiger partial charge in [0.15, 0.2) is 0 Å². The van der Waals surface area contributed by atoms with Crippen LogP contribution < -0.4 is 5.32 Å². The molecular formula is C25H30ClN3O3S. The van der Waals surface area contributed by atoms with E-state index in [-0.39, 0.29) is 12.6 Å². The van der Waals surface area contributed by atoms with Crippen LogP contribution in [0.4, 0.5) is 5.82 Å². The van der Waals surface area contributed by atoms with Crippen molar-refractivity contribution < 1.29 is 14.3 Å². The minimum Gasteiger partial charge on any atom is -0.464 e. The van der Waals surface area contributed by atoms with Gasteiger partial charge < -0.3 is 14.8 Å². The molecule has 0 saturated heterocycles. The van der Waals surface area contributed by atoms with Crippen molar-refractivity contribution >= 4 is 44.9 Å². The number of anilines is 1. The molecule has 0 fully saturated rings. The van der Waals surface area contributed by atoms with Gasteiger partial charge in [-0.1, -0.05) is 43.1 Å². The number of aryl methyl sites for hydroxylation is 2. The van der Waals surface area contributed by atoms with Crippen molar-refractivity contribution in [3.63, 3.8) is 0 Å². The van der Waals surface area contributed by atoms with Crippen molar-refractivity contribution in [3.8, 4) is 0 Å². The lowest BCUT2D eigenvalue weighted by Crippen LogP contribution is -2.15. The van der Waals surface area contributed by atoms with E-state index in [4.69, 9.17) is 31.0 Å². The normalized spacial score (nSPS) is 13.2. The summed E-state index contributed by atoms with van der Waals surface area (Å²) >= 11 is 8.14. The topological polar surface area (TPSA) is 73.3 Å². The van der Waals surface area contributed by atoms with Crippen LogP contribution in [0.25, 0.3) is 10.2 Å². The largest absolute Gasteiger partial charge is 0.464 e. The molecule has 0 saturated carbocycles. The predicted octanol–water partition coefficient (Wildman–Crippen LogP) is 5.74. The van der Waals surface area contributed by atoms with Crippen LogP contribution in [-0.2, 0) is 40.1 Å². The molecule has 1 aromatic carbocycles. The quantitative estimate of drug-likeness (QED) is 0.274. The smallest absolute Gasteiger partial charge is 0.332 e. The van der Waals surface area contributed by atoms with Crippen molar-refractivity contribution in [2.75, 3.05) is 25.1 Å². The first kappa shape index (κ1) is 23.9. The van der Waals surface area contributed by atoms with E-state index in [1.165, 1.54) is 23.3 Å². The molecule has 2 aromatic heterocycles. The van der Waals surface area contributed by atoms with Crippen LogP contribution in [0.1, 0.15) is 54.4 Å². The average Bonchev–Trinajstić information content (AvgIpc) is 3.20. The molecular weight excluding hydrogens is 458 g/mol. The molecule has 0 aliphatic heterocycles. The number of benzene rings is 1. The van der Waals surface area contributed by atoms with Gasteiger partial charge in [-0.3, -0.25) is 0 Å². The van der Waals surface area contributed by atoms with E-state index in [1.807, 2.05) is 24.3 Å². The van der Waals surface area contributed by atoms with Crippen LogP contribution >= 0.6 is 22.9 Å². The van der Waals surface area contributed by atoms with Gasteiger partial charge in [0, 0.05) is 22.9 Å². The summed E-state index contributed by atoms with van der Waals surface area (Å²) in [5, 5.41) is 5.40. The number of ether oxygens (including phenoxy) is 2. The van der Waals surface area contributed by atoms with Crippen molar-refractivity contribution in [2.45, 2.75) is 58.4 Å². The second-order valence-corrected chi connectivity index (χ2v) is 9.69. The van der Waals surface area contributed by atoms with Crippen LogP contribution in [0.15, 0.2) is 24.3 Å². The van der Waals surface area contributed by atoms with Gasteiger partial charge in [0.05, 0.1) is 18.6 Å². The summed E-state index contributed by atoms with van der Waals surface area (Å²) in [5.41, 5.74) is 2.42. The van der Waals surface area contributed by atoms with Gasteiger partial charge in [-0.05, 0) is 49.3 Å². The van der Waals surface area contributed by atoms with E-state index < -0.39 is 0 Å². The van der Waals surface area contributed by atoms with Crippen molar-refractivity contribution in [1.29, 1.82) is 0 Å². The fourth-order valence-corrected chi connectivity index (χ4v) is 5.44. The summed E-state index contributed by atoms with van der Waals surface area (Å²) in [4.78, 5) is 23.9. The third kappa shape index (κ3) is 6.22. The van der Waals surface area contributed by atoms with E-state index >= 15 is 0 Å². The number of esters is 1. The Kier molecular flexibility index (Phi) is 8.53. The zero-order valence-electron chi connectivity index (χ0n) is 19.0. The Morgan fingerprint density at radius 3 is 2.88 bits per heavy atom. The maximum absolute atomic E-state index is 11.7. The molecule has 0 atom stereocenters. The van der Waals surface area contributed by atoms with E-state index in [2.05, 4.69) is 12.2 Å². The number of nitrogens with one attached hydrogen (secondary N) is 1. The number of rotatable bonds is 11. The van der Waals surface area contributed by atoms with E-state index in [9.17, 15) is 4.79 Å². The number of unbranched alkanes of at least 4 members (excludes halogenated alkanes) is 1. The Morgan fingerprint density at radius 1 is 1.18 bits per heavy atom. The average molecular weight is 488 g/mol. The summed E-state index contributed by atoms with van der Waals surface area (Å²) in [7, 11) is 0.